The summed E-state index contributed by atoms with van der Waals surface area (Å²) < 4.78 is 14.1. The summed E-state index contributed by atoms with van der Waals surface area (Å²) in [6.07, 6.45) is 2.89. The van der Waals surface area contributed by atoms with Crippen LogP contribution in [0.2, 0.25) is 5.02 Å². The summed E-state index contributed by atoms with van der Waals surface area (Å²) >= 11 is 6.31. The highest BCUT2D eigenvalue weighted by molar-refractivity contribution is 6.32. The lowest BCUT2D eigenvalue weighted by molar-refractivity contribution is 0.0711. The molecule has 0 bridgehead atoms. The van der Waals surface area contributed by atoms with Crippen LogP contribution in [0.1, 0.15) is 30.4 Å². The SMILES string of the molecule is Cc1ccc(F)c(CN2CC[C@H](N(C)C)[C@H](CCCO)C2)c1Cl. The molecule has 23 heavy (non-hydrogen) atoms. The van der Waals surface area contributed by atoms with E-state index in [1.165, 1.54) is 6.07 Å². The first-order chi connectivity index (χ1) is 10.9. The largest absolute Gasteiger partial charge is 0.396 e. The quantitative estimate of drug-likeness (QED) is 0.859. The molecule has 130 valence electrons. The second-order valence-corrected chi connectivity index (χ2v) is 7.22. The lowest BCUT2D eigenvalue weighted by Crippen LogP contribution is -2.48. The van der Waals surface area contributed by atoms with E-state index in [0.717, 1.165) is 37.9 Å². The lowest BCUT2D eigenvalue weighted by atomic mass is 9.87. The van der Waals surface area contributed by atoms with E-state index in [-0.39, 0.29) is 12.4 Å². The zero-order valence-corrected chi connectivity index (χ0v) is 15.1. The molecule has 1 heterocycles. The Morgan fingerprint density at radius 3 is 2.78 bits per heavy atom. The summed E-state index contributed by atoms with van der Waals surface area (Å²) in [4.78, 5) is 4.57. The maximum atomic E-state index is 14.1. The highest BCUT2D eigenvalue weighted by atomic mass is 35.5. The van der Waals surface area contributed by atoms with Crippen LogP contribution in [0.5, 0.6) is 0 Å². The summed E-state index contributed by atoms with van der Waals surface area (Å²) in [5, 5.41) is 9.68. The van der Waals surface area contributed by atoms with Crippen molar-refractivity contribution < 1.29 is 9.50 Å². The Balaban J connectivity index is 2.08. The number of hydrogen-bond acceptors (Lipinski definition) is 3. The Morgan fingerprint density at radius 1 is 1.39 bits per heavy atom. The Morgan fingerprint density at radius 2 is 2.13 bits per heavy atom. The molecular formula is C18H28ClFN2O. The number of aliphatic hydroxyl groups is 1. The zero-order valence-electron chi connectivity index (χ0n) is 14.4. The average Bonchev–Trinajstić information content (AvgIpc) is 2.53. The molecule has 1 N–H and O–H groups in total. The van der Waals surface area contributed by atoms with Gasteiger partial charge in [-0.05, 0) is 64.4 Å². The van der Waals surface area contributed by atoms with Crippen molar-refractivity contribution in [1.82, 2.24) is 9.80 Å². The third-order valence-electron chi connectivity index (χ3n) is 4.94. The Labute approximate surface area is 144 Å². The molecule has 0 unspecified atom stereocenters. The third-order valence-corrected chi connectivity index (χ3v) is 5.46. The number of likely N-dealkylation sites (tertiary alicyclic amines) is 1. The van der Waals surface area contributed by atoms with Crippen LogP contribution in [0.4, 0.5) is 4.39 Å². The van der Waals surface area contributed by atoms with Gasteiger partial charge in [-0.3, -0.25) is 4.90 Å². The van der Waals surface area contributed by atoms with Crippen molar-refractivity contribution in [3.63, 3.8) is 0 Å². The molecule has 1 aromatic rings. The van der Waals surface area contributed by atoms with Crippen molar-refractivity contribution in [3.05, 3.63) is 34.1 Å². The number of hydrogen-bond donors (Lipinski definition) is 1. The molecule has 3 nitrogen and oxygen atoms in total. The number of rotatable bonds is 6. The minimum Gasteiger partial charge on any atom is -0.396 e. The first-order valence-corrected chi connectivity index (χ1v) is 8.75. The number of nitrogens with zero attached hydrogens (tertiary/aromatic N) is 2. The van der Waals surface area contributed by atoms with Gasteiger partial charge in [-0.15, -0.1) is 0 Å². The van der Waals surface area contributed by atoms with Crippen molar-refractivity contribution >= 4 is 11.6 Å². The van der Waals surface area contributed by atoms with Crippen LogP contribution >= 0.6 is 11.6 Å². The number of aliphatic hydroxyl groups excluding tert-OH is 1. The van der Waals surface area contributed by atoms with E-state index >= 15 is 0 Å². The second kappa shape index (κ2) is 8.43. The van der Waals surface area contributed by atoms with Gasteiger partial charge in [0.15, 0.2) is 0 Å². The fraction of sp³-hybridized carbons (Fsp3) is 0.667. The normalized spacial score (nSPS) is 22.7. The van der Waals surface area contributed by atoms with Crippen LogP contribution in [0.25, 0.3) is 0 Å². The van der Waals surface area contributed by atoms with E-state index in [0.29, 0.717) is 29.1 Å². The number of piperidine rings is 1. The van der Waals surface area contributed by atoms with E-state index in [2.05, 4.69) is 23.9 Å². The Kier molecular flexibility index (Phi) is 6.84. The lowest BCUT2D eigenvalue weighted by Gasteiger charge is -2.42. The summed E-state index contributed by atoms with van der Waals surface area (Å²) in [6, 6.07) is 3.76. The second-order valence-electron chi connectivity index (χ2n) is 6.84. The summed E-state index contributed by atoms with van der Waals surface area (Å²) in [7, 11) is 4.23. The van der Waals surface area contributed by atoms with Crippen LogP contribution in [0.15, 0.2) is 12.1 Å². The Bertz CT molecular complexity index is 524. The maximum absolute atomic E-state index is 14.1. The smallest absolute Gasteiger partial charge is 0.129 e. The molecule has 5 heteroatoms. The van der Waals surface area contributed by atoms with Gasteiger partial charge in [-0.2, -0.15) is 0 Å². The minimum absolute atomic E-state index is 0.220. The molecule has 1 fully saturated rings. The van der Waals surface area contributed by atoms with E-state index in [1.54, 1.807) is 6.07 Å². The molecule has 0 aliphatic carbocycles. The molecule has 2 atom stereocenters. The maximum Gasteiger partial charge on any atom is 0.129 e. The highest BCUT2D eigenvalue weighted by Gasteiger charge is 2.30. The minimum atomic E-state index is -0.220. The number of aryl methyl sites for hydroxylation is 1. The van der Waals surface area contributed by atoms with Gasteiger partial charge in [0, 0.05) is 31.3 Å². The summed E-state index contributed by atoms with van der Waals surface area (Å²) in [5.41, 5.74) is 1.53. The molecule has 2 rings (SSSR count). The van der Waals surface area contributed by atoms with E-state index < -0.39 is 0 Å². The van der Waals surface area contributed by atoms with Crippen LogP contribution < -0.4 is 0 Å². The van der Waals surface area contributed by atoms with Crippen molar-refractivity contribution in [2.75, 3.05) is 33.8 Å². The van der Waals surface area contributed by atoms with E-state index in [9.17, 15) is 4.39 Å². The van der Waals surface area contributed by atoms with Gasteiger partial charge in [0.2, 0.25) is 0 Å². The summed E-state index contributed by atoms with van der Waals surface area (Å²) in [6.45, 7) is 4.57. The average molecular weight is 343 g/mol. The van der Waals surface area contributed by atoms with E-state index in [1.807, 2.05) is 6.92 Å². The van der Waals surface area contributed by atoms with Gasteiger partial charge >= 0.3 is 0 Å². The van der Waals surface area contributed by atoms with Gasteiger partial charge in [0.1, 0.15) is 5.82 Å². The van der Waals surface area contributed by atoms with Gasteiger partial charge in [0.05, 0.1) is 5.02 Å². The number of benzene rings is 1. The molecule has 0 spiro atoms. The molecule has 1 saturated heterocycles. The molecule has 0 aromatic heterocycles. The summed E-state index contributed by atoms with van der Waals surface area (Å²) in [5.74, 6) is 0.278. The molecular weight excluding hydrogens is 315 g/mol. The van der Waals surface area contributed by atoms with Gasteiger partial charge in [-0.25, -0.2) is 4.39 Å². The van der Waals surface area contributed by atoms with Crippen molar-refractivity contribution in [1.29, 1.82) is 0 Å². The Hall–Kier alpha value is -0.680. The number of halogens is 2. The topological polar surface area (TPSA) is 26.7 Å². The molecule has 1 aromatic carbocycles. The van der Waals surface area contributed by atoms with Gasteiger partial charge in [0.25, 0.3) is 0 Å². The molecule has 0 radical (unpaired) electrons. The molecule has 0 saturated carbocycles. The van der Waals surface area contributed by atoms with Crippen LogP contribution in [-0.2, 0) is 6.54 Å². The van der Waals surface area contributed by atoms with Crippen molar-refractivity contribution in [2.24, 2.45) is 5.92 Å². The standard InChI is InChI=1S/C18H28ClFN2O/c1-13-6-7-16(20)15(18(13)19)12-22-9-8-17(21(2)3)14(11-22)5-4-10-23/h6-7,14,17,23H,4-5,8-12H2,1-3H3/t14-,17+/m1/s1. The fourth-order valence-corrected chi connectivity index (χ4v) is 3.85. The molecule has 0 amide bonds. The predicted molar refractivity (Wildman–Crippen MR) is 93.3 cm³/mol. The van der Waals surface area contributed by atoms with Gasteiger partial charge < -0.3 is 10.0 Å². The first-order valence-electron chi connectivity index (χ1n) is 8.37. The highest BCUT2D eigenvalue weighted by Crippen LogP contribution is 2.29. The first kappa shape index (κ1) is 18.7. The van der Waals surface area contributed by atoms with Crippen LogP contribution in [0.3, 0.4) is 0 Å². The van der Waals surface area contributed by atoms with Gasteiger partial charge in [-0.1, -0.05) is 17.7 Å². The van der Waals surface area contributed by atoms with Crippen molar-refractivity contribution in [2.45, 2.75) is 38.8 Å². The van der Waals surface area contributed by atoms with Crippen molar-refractivity contribution in [3.8, 4) is 0 Å². The van der Waals surface area contributed by atoms with Crippen LogP contribution in [0, 0.1) is 18.7 Å². The monoisotopic (exact) mass is 342 g/mol. The molecule has 1 aliphatic heterocycles. The third kappa shape index (κ3) is 4.66. The predicted octanol–water partition coefficient (Wildman–Crippen LogP) is 3.31. The van der Waals surface area contributed by atoms with E-state index in [4.69, 9.17) is 16.7 Å². The van der Waals surface area contributed by atoms with Crippen LogP contribution in [-0.4, -0.2) is 54.7 Å². The zero-order chi connectivity index (χ0) is 17.0. The molecule has 1 aliphatic rings. The fourth-order valence-electron chi connectivity index (χ4n) is 3.64.